The van der Waals surface area contributed by atoms with Gasteiger partial charge in [-0.3, -0.25) is 0 Å². The molecule has 0 bridgehead atoms. The number of benzene rings is 1. The Bertz CT molecular complexity index is 555. The van der Waals surface area contributed by atoms with Crippen molar-refractivity contribution in [2.45, 2.75) is 26.3 Å². The molecule has 0 aliphatic rings. The quantitative estimate of drug-likeness (QED) is 0.900. The average molecular weight is 265 g/mol. The molecule has 1 aromatic heterocycles. The lowest BCUT2D eigenvalue weighted by molar-refractivity contribution is 0.386. The van der Waals surface area contributed by atoms with Crippen molar-refractivity contribution in [3.8, 4) is 5.75 Å². The minimum atomic E-state index is -0.393. The molecule has 1 aromatic carbocycles. The Morgan fingerprint density at radius 3 is 2.79 bits per heavy atom. The number of nitrogens with one attached hydrogen (secondary N) is 1. The van der Waals surface area contributed by atoms with Gasteiger partial charge in [-0.1, -0.05) is 25.1 Å². The number of hydrogen-bond donors (Lipinski definition) is 1. The first-order valence-corrected chi connectivity index (χ1v) is 6.00. The molecule has 102 valence electrons. The van der Waals surface area contributed by atoms with Crippen molar-refractivity contribution in [3.63, 3.8) is 0 Å². The molecule has 0 saturated carbocycles. The van der Waals surface area contributed by atoms with E-state index in [4.69, 9.17) is 9.26 Å². The molecule has 6 heteroatoms. The Balaban J connectivity index is 1.99. The maximum Gasteiger partial charge on any atom is 0.321 e. The van der Waals surface area contributed by atoms with Crippen LogP contribution in [0.5, 0.6) is 5.75 Å². The van der Waals surface area contributed by atoms with Gasteiger partial charge >= 0.3 is 6.01 Å². The zero-order chi connectivity index (χ0) is 13.8. The van der Waals surface area contributed by atoms with E-state index in [9.17, 15) is 4.39 Å². The SMILES string of the molecule is COc1ccc(CNc2nc(C(C)C)no2)cc1F. The summed E-state index contributed by atoms with van der Waals surface area (Å²) in [7, 11) is 1.43. The molecule has 2 rings (SSSR count). The summed E-state index contributed by atoms with van der Waals surface area (Å²) in [5.74, 6) is 0.681. The molecule has 2 aromatic rings. The predicted octanol–water partition coefficient (Wildman–Crippen LogP) is 2.95. The van der Waals surface area contributed by atoms with E-state index < -0.39 is 5.82 Å². The molecule has 0 amide bonds. The highest BCUT2D eigenvalue weighted by Crippen LogP contribution is 2.18. The summed E-state index contributed by atoms with van der Waals surface area (Å²) >= 11 is 0. The highest BCUT2D eigenvalue weighted by Gasteiger charge is 2.09. The van der Waals surface area contributed by atoms with E-state index in [0.717, 1.165) is 5.56 Å². The van der Waals surface area contributed by atoms with Crippen molar-refractivity contribution >= 4 is 6.01 Å². The smallest absolute Gasteiger partial charge is 0.321 e. The highest BCUT2D eigenvalue weighted by molar-refractivity contribution is 5.31. The maximum atomic E-state index is 13.5. The maximum absolute atomic E-state index is 13.5. The molecule has 0 saturated heterocycles. The first-order chi connectivity index (χ1) is 9.10. The van der Waals surface area contributed by atoms with Crippen molar-refractivity contribution in [3.05, 3.63) is 35.4 Å². The predicted molar refractivity (Wildman–Crippen MR) is 68.7 cm³/mol. The third-order valence-electron chi connectivity index (χ3n) is 2.62. The third kappa shape index (κ3) is 3.21. The van der Waals surface area contributed by atoms with Gasteiger partial charge < -0.3 is 14.6 Å². The van der Waals surface area contributed by atoms with Gasteiger partial charge in [-0.25, -0.2) is 4.39 Å². The van der Waals surface area contributed by atoms with Gasteiger partial charge in [0.25, 0.3) is 0 Å². The summed E-state index contributed by atoms with van der Waals surface area (Å²) < 4.78 is 23.4. The van der Waals surface area contributed by atoms with Crippen LogP contribution >= 0.6 is 0 Å². The Morgan fingerprint density at radius 2 is 2.21 bits per heavy atom. The van der Waals surface area contributed by atoms with Crippen LogP contribution in [0, 0.1) is 5.82 Å². The lowest BCUT2D eigenvalue weighted by Gasteiger charge is -2.05. The second-order valence-corrected chi connectivity index (χ2v) is 4.43. The van der Waals surface area contributed by atoms with Crippen LogP contribution in [0.25, 0.3) is 0 Å². The lowest BCUT2D eigenvalue weighted by atomic mass is 10.2. The minimum Gasteiger partial charge on any atom is -0.494 e. The molecule has 19 heavy (non-hydrogen) atoms. The minimum absolute atomic E-state index is 0.206. The number of ether oxygens (including phenoxy) is 1. The first-order valence-electron chi connectivity index (χ1n) is 6.00. The van der Waals surface area contributed by atoms with E-state index in [-0.39, 0.29) is 11.7 Å². The van der Waals surface area contributed by atoms with Gasteiger partial charge in [0.15, 0.2) is 17.4 Å². The molecule has 0 spiro atoms. The van der Waals surface area contributed by atoms with Crippen LogP contribution in [0.2, 0.25) is 0 Å². The zero-order valence-corrected chi connectivity index (χ0v) is 11.1. The molecule has 0 fully saturated rings. The van der Waals surface area contributed by atoms with E-state index in [0.29, 0.717) is 18.4 Å². The standard InChI is InChI=1S/C13H16FN3O2/c1-8(2)12-16-13(19-17-12)15-7-9-4-5-11(18-3)10(14)6-9/h4-6,8H,7H2,1-3H3,(H,15,16,17). The number of nitrogens with zero attached hydrogens (tertiary/aromatic N) is 2. The Kier molecular flexibility index (Phi) is 3.99. The molecule has 0 radical (unpaired) electrons. The first kappa shape index (κ1) is 13.3. The fourth-order valence-corrected chi connectivity index (χ4v) is 1.54. The summed E-state index contributed by atoms with van der Waals surface area (Å²) in [4.78, 5) is 4.17. The Morgan fingerprint density at radius 1 is 1.42 bits per heavy atom. The van der Waals surface area contributed by atoms with Crippen molar-refractivity contribution in [1.29, 1.82) is 0 Å². The van der Waals surface area contributed by atoms with Gasteiger partial charge in [0.1, 0.15) is 0 Å². The molecule has 0 aliphatic heterocycles. The second kappa shape index (κ2) is 5.69. The Hall–Kier alpha value is -2.11. The monoisotopic (exact) mass is 265 g/mol. The normalized spacial score (nSPS) is 10.8. The van der Waals surface area contributed by atoms with E-state index in [2.05, 4.69) is 15.5 Å². The van der Waals surface area contributed by atoms with Crippen molar-refractivity contribution in [2.24, 2.45) is 0 Å². The van der Waals surface area contributed by atoms with Crippen molar-refractivity contribution < 1.29 is 13.7 Å². The van der Waals surface area contributed by atoms with Gasteiger partial charge in [-0.05, 0) is 17.7 Å². The van der Waals surface area contributed by atoms with Crippen LogP contribution < -0.4 is 10.1 Å². The molecule has 0 unspecified atom stereocenters. The van der Waals surface area contributed by atoms with Crippen LogP contribution in [-0.2, 0) is 6.54 Å². The summed E-state index contributed by atoms with van der Waals surface area (Å²) in [6.07, 6.45) is 0. The number of anilines is 1. The summed E-state index contributed by atoms with van der Waals surface area (Å²) in [5, 5.41) is 6.78. The van der Waals surface area contributed by atoms with Gasteiger partial charge in [-0.15, -0.1) is 0 Å². The molecule has 5 nitrogen and oxygen atoms in total. The van der Waals surface area contributed by atoms with Gasteiger partial charge in [0.05, 0.1) is 7.11 Å². The molecule has 0 atom stereocenters. The van der Waals surface area contributed by atoms with Crippen molar-refractivity contribution in [1.82, 2.24) is 10.1 Å². The largest absolute Gasteiger partial charge is 0.494 e. The van der Waals surface area contributed by atoms with E-state index in [1.54, 1.807) is 12.1 Å². The number of aromatic nitrogens is 2. The summed E-state index contributed by atoms with van der Waals surface area (Å²) in [5.41, 5.74) is 0.766. The van der Waals surface area contributed by atoms with Gasteiger partial charge in [0, 0.05) is 12.5 Å². The lowest BCUT2D eigenvalue weighted by Crippen LogP contribution is -2.01. The second-order valence-electron chi connectivity index (χ2n) is 4.43. The summed E-state index contributed by atoms with van der Waals surface area (Å²) in [6, 6.07) is 5.10. The fourth-order valence-electron chi connectivity index (χ4n) is 1.54. The third-order valence-corrected chi connectivity index (χ3v) is 2.62. The van der Waals surface area contributed by atoms with Gasteiger partial charge in [-0.2, -0.15) is 4.98 Å². The number of rotatable bonds is 5. The molecule has 1 N–H and O–H groups in total. The van der Waals surface area contributed by atoms with E-state index >= 15 is 0 Å². The molecular weight excluding hydrogens is 249 g/mol. The molecule has 0 aliphatic carbocycles. The van der Waals surface area contributed by atoms with Crippen LogP contribution in [0.1, 0.15) is 31.2 Å². The topological polar surface area (TPSA) is 60.2 Å². The van der Waals surface area contributed by atoms with Crippen LogP contribution in [-0.4, -0.2) is 17.3 Å². The van der Waals surface area contributed by atoms with Crippen LogP contribution in [0.15, 0.2) is 22.7 Å². The Labute approximate surface area is 110 Å². The van der Waals surface area contributed by atoms with Crippen LogP contribution in [0.4, 0.5) is 10.4 Å². The summed E-state index contributed by atoms with van der Waals surface area (Å²) in [6.45, 7) is 4.36. The number of halogens is 1. The van der Waals surface area contributed by atoms with E-state index in [1.807, 2.05) is 13.8 Å². The zero-order valence-electron chi connectivity index (χ0n) is 11.1. The number of methoxy groups -OCH3 is 1. The number of hydrogen-bond acceptors (Lipinski definition) is 5. The van der Waals surface area contributed by atoms with Crippen LogP contribution in [0.3, 0.4) is 0 Å². The average Bonchev–Trinajstić information content (AvgIpc) is 2.85. The van der Waals surface area contributed by atoms with Crippen molar-refractivity contribution in [2.75, 3.05) is 12.4 Å². The van der Waals surface area contributed by atoms with Gasteiger partial charge in [0.2, 0.25) is 0 Å². The molecule has 1 heterocycles. The highest BCUT2D eigenvalue weighted by atomic mass is 19.1. The fraction of sp³-hybridized carbons (Fsp3) is 0.385. The van der Waals surface area contributed by atoms with E-state index in [1.165, 1.54) is 13.2 Å². The molecular formula is C13H16FN3O2.